The van der Waals surface area contributed by atoms with E-state index in [-0.39, 0.29) is 116 Å². The highest BCUT2D eigenvalue weighted by atomic mass is 35.5. The Morgan fingerprint density at radius 1 is 0.605 bits per heavy atom. The molecule has 6 aromatic rings. The van der Waals surface area contributed by atoms with Gasteiger partial charge in [0.05, 0.1) is 24.1 Å². The van der Waals surface area contributed by atoms with Crippen molar-refractivity contribution in [3.63, 3.8) is 0 Å². The Balaban J connectivity index is 0.992. The van der Waals surface area contributed by atoms with Gasteiger partial charge in [-0.2, -0.15) is 0 Å². The van der Waals surface area contributed by atoms with Crippen molar-refractivity contribution in [3.8, 4) is 68.6 Å². The standard InChI is InChI=1S/C83H98ClN11O24/c1-35(2)19-50(87-6)76(107)94-67-69(101)40-8-12-54(36(3)20-40)116-58-29-45-30-59(74(58)119-83-73(105)72(104)71(103)60(34-96)118-83)117-55-13-9-41(27-49(55)84)70(102)68-82(113)93-66(80(111)90-63-43-22-37-21-38(24-43)25-44(63)23-37)48-31-46(97)32-53(99)62(48)47-26-39(7-11-52(47)98)64(78(109)95-68)92-79(110)65(45)91-77(108)51(88-81(67)112)33-61(100)89-75(106)42-10-14-56(114-17-15-85-4)57(28-42)115-18-16-86-5/h7-14,20,26-32,35,37-38,43-44,50-51,60,63-73,83,85-87,96-99,101-105H,15-19,21-25,33-34H2,1-6H3,(H,88,112)(H,90,111)(H,91,108)(H,92,110)(H,93,113)(H,94,107)(H,95,109)(H,89,100,106)/t37?,38?,43?,44?,50-,51+,60-,63?,64-,65-,66+,67-,68+,69-,70-,71-,72+,73-,83+/m1/s1. The maximum absolute atomic E-state index is 16.5. The average Bonchev–Trinajstić information content (AvgIpc) is 0.766. The fourth-order valence-electron chi connectivity index (χ4n) is 17.0. The lowest BCUT2D eigenvalue weighted by Gasteiger charge is -2.54. The molecule has 4 aliphatic carbocycles. The molecule has 0 aromatic heterocycles. The summed E-state index contributed by atoms with van der Waals surface area (Å²) >= 11 is 7.19. The lowest BCUT2D eigenvalue weighted by Crippen LogP contribution is -2.60. The van der Waals surface area contributed by atoms with Crippen LogP contribution in [0.15, 0.2) is 97.1 Å². The van der Waals surface area contributed by atoms with Crippen LogP contribution < -0.4 is 82.2 Å². The number of hydrogen-bond acceptors (Lipinski definition) is 27. The quantitative estimate of drug-likeness (QED) is 0.0458. The van der Waals surface area contributed by atoms with Crippen molar-refractivity contribution in [1.29, 1.82) is 0 Å². The summed E-state index contributed by atoms with van der Waals surface area (Å²) in [5.74, 6) is -13.8. The number of aliphatic hydroxyl groups is 6. The molecule has 0 spiro atoms. The van der Waals surface area contributed by atoms with Crippen LogP contribution >= 0.6 is 11.6 Å². The molecule has 14 atom stereocenters. The van der Waals surface area contributed by atoms with Crippen molar-refractivity contribution in [2.24, 2.45) is 29.6 Å². The molecule has 1 saturated heterocycles. The Hall–Kier alpha value is -11.0. The zero-order chi connectivity index (χ0) is 85.1. The molecule has 36 heteroatoms. The number of ether oxygens (including phenoxy) is 6. The van der Waals surface area contributed by atoms with E-state index in [1.807, 2.05) is 13.8 Å². The number of rotatable bonds is 21. The van der Waals surface area contributed by atoms with Gasteiger partial charge in [0.25, 0.3) is 5.91 Å². The van der Waals surface area contributed by atoms with Crippen molar-refractivity contribution in [3.05, 3.63) is 141 Å². The van der Waals surface area contributed by atoms with Crippen molar-refractivity contribution in [2.45, 2.75) is 157 Å². The molecule has 6 aromatic carbocycles. The number of halogens is 1. The van der Waals surface area contributed by atoms with Gasteiger partial charge < -0.3 is 128 Å². The van der Waals surface area contributed by atoms with E-state index in [1.54, 1.807) is 14.1 Å². The molecule has 9 amide bonds. The zero-order valence-corrected chi connectivity index (χ0v) is 66.6. The topological polar surface area (TPSA) is 523 Å². The van der Waals surface area contributed by atoms with Gasteiger partial charge in [-0.25, -0.2) is 0 Å². The van der Waals surface area contributed by atoms with Crippen LogP contribution in [0, 0.1) is 36.5 Å². The first-order valence-electron chi connectivity index (χ1n) is 39.4. The molecule has 35 nitrogen and oxygen atoms in total. The van der Waals surface area contributed by atoms with Gasteiger partial charge in [-0.05, 0) is 202 Å². The Morgan fingerprint density at radius 3 is 1.88 bits per heavy atom. The van der Waals surface area contributed by atoms with Crippen LogP contribution in [0.3, 0.4) is 0 Å². The van der Waals surface area contributed by atoms with Gasteiger partial charge in [0, 0.05) is 41.9 Å². The lowest BCUT2D eigenvalue weighted by molar-refractivity contribution is -0.277. The number of aliphatic hydroxyl groups excluding tert-OH is 6. The van der Waals surface area contributed by atoms with Crippen LogP contribution in [0.2, 0.25) is 5.02 Å². The van der Waals surface area contributed by atoms with Gasteiger partial charge in [0.2, 0.25) is 59.3 Å². The predicted octanol–water partition coefficient (Wildman–Crippen LogP) is 2.05. The Labute approximate surface area is 687 Å². The average molecular weight is 1670 g/mol. The van der Waals surface area contributed by atoms with E-state index < -0.39 is 191 Å². The number of aromatic hydroxyl groups is 3. The maximum atomic E-state index is 16.5. The van der Waals surface area contributed by atoms with Crippen LogP contribution in [0.1, 0.15) is 133 Å². The number of fused-ring (bicyclic) bond motifs is 15. The molecule has 0 unspecified atom stereocenters. The monoisotopic (exact) mass is 1670 g/mol. The van der Waals surface area contributed by atoms with Gasteiger partial charge in [-0.1, -0.05) is 43.6 Å². The van der Waals surface area contributed by atoms with E-state index in [2.05, 4.69) is 58.5 Å². The highest BCUT2D eigenvalue weighted by Crippen LogP contribution is 2.55. The van der Waals surface area contributed by atoms with Crippen molar-refractivity contribution in [1.82, 2.24) is 58.5 Å². The second-order valence-corrected chi connectivity index (χ2v) is 32.0. The summed E-state index contributed by atoms with van der Waals surface area (Å²) in [6.07, 6.45) is -10.7. The highest BCUT2D eigenvalue weighted by Gasteiger charge is 2.51. The van der Waals surface area contributed by atoms with Gasteiger partial charge >= 0.3 is 0 Å². The van der Waals surface area contributed by atoms with E-state index >= 15 is 28.8 Å². The summed E-state index contributed by atoms with van der Waals surface area (Å²) in [7, 11) is 4.90. The number of amides is 9. The summed E-state index contributed by atoms with van der Waals surface area (Å²) in [6, 6.07) is 4.62. The number of phenols is 3. The number of likely N-dealkylation sites (N-methyl/N-ethyl adjacent to an activating group) is 3. The van der Waals surface area contributed by atoms with E-state index in [1.165, 1.54) is 62.5 Å². The van der Waals surface area contributed by atoms with E-state index in [0.717, 1.165) is 80.6 Å². The smallest absolute Gasteiger partial charge is 0.257 e. The third-order valence-corrected chi connectivity index (χ3v) is 23.1. The van der Waals surface area contributed by atoms with Crippen molar-refractivity contribution in [2.75, 3.05) is 54.1 Å². The molecule has 119 heavy (non-hydrogen) atoms. The first-order valence-corrected chi connectivity index (χ1v) is 39.8. The van der Waals surface area contributed by atoms with Crippen LogP contribution in [-0.2, 0) is 43.1 Å². The summed E-state index contributed by atoms with van der Waals surface area (Å²) in [5.41, 5.74) is -2.04. The van der Waals surface area contributed by atoms with Gasteiger partial charge in [0.15, 0.2) is 23.0 Å². The van der Waals surface area contributed by atoms with Crippen LogP contribution in [0.25, 0.3) is 11.1 Å². The molecule has 15 bridgehead atoms. The maximum Gasteiger partial charge on any atom is 0.257 e. The molecular weight excluding hydrogens is 1570 g/mol. The first-order chi connectivity index (χ1) is 56.9. The molecule has 6 heterocycles. The van der Waals surface area contributed by atoms with Crippen molar-refractivity contribution >= 4 is 64.8 Å². The number of carbonyl (C=O) groups excluding carboxylic acids is 9. The fourth-order valence-corrected chi connectivity index (χ4v) is 17.2. The first kappa shape index (κ1) is 85.9. The zero-order valence-electron chi connectivity index (χ0n) is 65.8. The van der Waals surface area contributed by atoms with Crippen LogP contribution in [-0.4, -0.2) is 214 Å². The minimum atomic E-state index is -2.37. The molecule has 10 aliphatic rings. The molecule has 16 rings (SSSR count). The van der Waals surface area contributed by atoms with E-state index in [9.17, 15) is 60.3 Å². The number of imide groups is 1. The molecule has 0 radical (unpaired) electrons. The molecule has 20 N–H and O–H groups in total. The summed E-state index contributed by atoms with van der Waals surface area (Å²) < 4.78 is 37.6. The number of phenolic OH excluding ortho intramolecular Hbond substituents is 3. The summed E-state index contributed by atoms with van der Waals surface area (Å²) in [4.78, 5) is 139. The SMILES string of the molecule is CNCCOc1ccc(C(=O)NC(=O)C[C@@H]2NC(=O)[C@H](NC(=O)[C@@H](CC(C)C)NC)[C@H](O)c3ccc(c(C)c3)Oc3cc4cc(c3O[C@@H]3O[C@H](CO)[C@@H](O)[C@H](O)[C@H]3O)Oc3ccc(cc3Cl)[C@@H](O)[C@@H]3NC(=O)[C@H](NC(=O)[C@@H]4NC2=O)c2ccc(O)c(c2)-c2c(O)cc(O)cc2[C@@H](C(=O)NC2C4CC5CC(C4)CC2C5)NC3=O)cc1OCCNC. The van der Waals surface area contributed by atoms with E-state index in [4.69, 9.17) is 40.0 Å². The molecule has 636 valence electrons. The minimum Gasteiger partial charge on any atom is -0.508 e. The normalized spacial score (nSPS) is 27.3. The molecular formula is C83H98ClN11O24. The number of benzene rings is 6. The number of aryl methyl sites for hydroxylation is 1. The molecule has 5 fully saturated rings. The van der Waals surface area contributed by atoms with Gasteiger partial charge in [-0.15, -0.1) is 0 Å². The van der Waals surface area contributed by atoms with E-state index in [0.29, 0.717) is 24.9 Å². The fraction of sp³-hybridized carbons (Fsp3) is 0.458. The molecule has 6 aliphatic heterocycles. The van der Waals surface area contributed by atoms with Gasteiger partial charge in [-0.3, -0.25) is 48.5 Å². The Morgan fingerprint density at radius 2 is 1.24 bits per heavy atom. The summed E-state index contributed by atoms with van der Waals surface area (Å²) in [5, 5.41) is 135. The minimum absolute atomic E-state index is 0.0594. The Bertz CT molecular complexity index is 4850. The highest BCUT2D eigenvalue weighted by molar-refractivity contribution is 6.32. The van der Waals surface area contributed by atoms with Gasteiger partial charge in [0.1, 0.15) is 115 Å². The third kappa shape index (κ3) is 18.7. The second kappa shape index (κ2) is 36.7. The lowest BCUT2D eigenvalue weighted by atomic mass is 9.54. The number of hydrogen-bond donors (Lipinski definition) is 20. The third-order valence-electron chi connectivity index (χ3n) is 22.9. The number of nitrogens with one attached hydrogen (secondary N) is 11. The predicted molar refractivity (Wildman–Crippen MR) is 423 cm³/mol. The molecule has 4 saturated carbocycles. The second-order valence-electron chi connectivity index (χ2n) is 31.6. The largest absolute Gasteiger partial charge is 0.508 e. The van der Waals surface area contributed by atoms with Crippen molar-refractivity contribution < 1.29 is 118 Å². The number of carbonyl (C=O) groups is 9. The van der Waals surface area contributed by atoms with Crippen LogP contribution in [0.4, 0.5) is 0 Å². The van der Waals surface area contributed by atoms with Crippen LogP contribution in [0.5, 0.6) is 57.5 Å². The summed E-state index contributed by atoms with van der Waals surface area (Å²) in [6.45, 7) is 5.28. The Kier molecular flexibility index (Phi) is 26.5.